The molecule has 1 amide bonds. The van der Waals surface area contributed by atoms with E-state index in [1.807, 2.05) is 6.07 Å². The summed E-state index contributed by atoms with van der Waals surface area (Å²) in [5.74, 6) is -1.75. The summed E-state index contributed by atoms with van der Waals surface area (Å²) < 4.78 is 0.824. The summed E-state index contributed by atoms with van der Waals surface area (Å²) in [4.78, 5) is 33.5. The van der Waals surface area contributed by atoms with Crippen LogP contribution in [0.2, 0.25) is 0 Å². The number of aromatic nitrogens is 2. The normalized spacial score (nSPS) is 13.0. The molecule has 0 fully saturated rings. The smallest absolute Gasteiger partial charge is 0.261 e. The maximum atomic E-state index is 12.5. The van der Waals surface area contributed by atoms with Gasteiger partial charge in [-0.05, 0) is 54.9 Å². The Morgan fingerprint density at radius 1 is 1.29 bits per heavy atom. The monoisotopic (exact) mass is 406 g/mol. The van der Waals surface area contributed by atoms with E-state index in [2.05, 4.69) is 31.2 Å². The number of aryl methyl sites for hydroxylation is 2. The minimum Gasteiger partial charge on any atom is -0.342 e. The molecule has 0 aromatic carbocycles. The molecule has 2 heterocycles. The molecule has 0 aliphatic carbocycles. The highest BCUT2D eigenvalue weighted by atomic mass is 79.9. The van der Waals surface area contributed by atoms with Crippen molar-refractivity contribution in [2.75, 3.05) is 0 Å². The average molecular weight is 407 g/mol. The number of carbonyl (C=O) groups excluding carboxylic acids is 2. The van der Waals surface area contributed by atoms with E-state index in [-0.39, 0.29) is 11.7 Å². The maximum absolute atomic E-state index is 12.5. The number of nitriles is 1. The van der Waals surface area contributed by atoms with Crippen molar-refractivity contribution in [3.05, 3.63) is 44.1 Å². The first-order valence-electron chi connectivity index (χ1n) is 7.13. The van der Waals surface area contributed by atoms with Gasteiger partial charge in [0.25, 0.3) is 5.91 Å². The Morgan fingerprint density at radius 2 is 1.92 bits per heavy atom. The fourth-order valence-corrected chi connectivity index (χ4v) is 3.45. The van der Waals surface area contributed by atoms with Gasteiger partial charge in [0.1, 0.15) is 0 Å². The van der Waals surface area contributed by atoms with Gasteiger partial charge in [-0.15, -0.1) is 11.3 Å². The van der Waals surface area contributed by atoms with Crippen molar-refractivity contribution < 1.29 is 9.59 Å². The van der Waals surface area contributed by atoms with Gasteiger partial charge >= 0.3 is 0 Å². The molecule has 0 spiro atoms. The first-order chi connectivity index (χ1) is 11.3. The van der Waals surface area contributed by atoms with Crippen molar-refractivity contribution in [1.82, 2.24) is 15.3 Å². The Labute approximate surface area is 152 Å². The molecule has 24 heavy (non-hydrogen) atoms. The quantitative estimate of drug-likeness (QED) is 0.822. The first kappa shape index (κ1) is 18.2. The summed E-state index contributed by atoms with van der Waals surface area (Å²) in [6.45, 7) is 5.10. The number of thiophene rings is 1. The molecule has 0 radical (unpaired) electrons. The number of nitrogens with one attached hydrogen (secondary N) is 1. The highest BCUT2D eigenvalue weighted by Gasteiger charge is 2.29. The van der Waals surface area contributed by atoms with Crippen LogP contribution < -0.4 is 5.32 Å². The highest BCUT2D eigenvalue weighted by molar-refractivity contribution is 9.11. The van der Waals surface area contributed by atoms with Crippen molar-refractivity contribution >= 4 is 39.0 Å². The SMILES string of the molecule is Cc1cc(C)nc(C(C#N)C(=O)C(C)NC(=O)c2ccc(Br)s2)n1. The lowest BCUT2D eigenvalue weighted by Crippen LogP contribution is -2.40. The number of ketones is 1. The van der Waals surface area contributed by atoms with Gasteiger partial charge in [-0.2, -0.15) is 5.26 Å². The molecule has 0 saturated carbocycles. The topological polar surface area (TPSA) is 95.7 Å². The molecule has 2 aromatic rings. The van der Waals surface area contributed by atoms with Gasteiger partial charge in [0.05, 0.1) is 20.8 Å². The van der Waals surface area contributed by atoms with E-state index >= 15 is 0 Å². The van der Waals surface area contributed by atoms with E-state index in [9.17, 15) is 14.9 Å². The van der Waals surface area contributed by atoms with E-state index < -0.39 is 17.7 Å². The zero-order valence-corrected chi connectivity index (χ0v) is 15.7. The second-order valence-corrected chi connectivity index (χ2v) is 7.74. The summed E-state index contributed by atoms with van der Waals surface area (Å²) in [6.07, 6.45) is 0. The lowest BCUT2D eigenvalue weighted by Gasteiger charge is -2.15. The number of amides is 1. The summed E-state index contributed by atoms with van der Waals surface area (Å²) in [7, 11) is 0. The van der Waals surface area contributed by atoms with Crippen LogP contribution in [0, 0.1) is 25.2 Å². The van der Waals surface area contributed by atoms with Crippen LogP contribution in [0.1, 0.15) is 39.7 Å². The van der Waals surface area contributed by atoms with Crippen molar-refractivity contribution in [1.29, 1.82) is 5.26 Å². The van der Waals surface area contributed by atoms with Gasteiger partial charge in [-0.25, -0.2) is 9.97 Å². The van der Waals surface area contributed by atoms with Crippen LogP contribution in [0.3, 0.4) is 0 Å². The Balaban J connectivity index is 2.15. The van der Waals surface area contributed by atoms with Crippen LogP contribution in [-0.2, 0) is 4.79 Å². The second-order valence-electron chi connectivity index (χ2n) is 5.27. The third kappa shape index (κ3) is 4.24. The number of hydrogen-bond donors (Lipinski definition) is 1. The first-order valence-corrected chi connectivity index (χ1v) is 8.74. The molecule has 0 saturated heterocycles. The molecule has 2 atom stereocenters. The van der Waals surface area contributed by atoms with Gasteiger partial charge in [0, 0.05) is 11.4 Å². The molecule has 2 aromatic heterocycles. The summed E-state index contributed by atoms with van der Waals surface area (Å²) in [6, 6.07) is 6.30. The van der Waals surface area contributed by atoms with Crippen molar-refractivity contribution in [2.45, 2.75) is 32.7 Å². The van der Waals surface area contributed by atoms with Gasteiger partial charge in [-0.1, -0.05) is 0 Å². The van der Waals surface area contributed by atoms with Crippen molar-refractivity contribution in [3.8, 4) is 6.07 Å². The fourth-order valence-electron chi connectivity index (χ4n) is 2.16. The van der Waals surface area contributed by atoms with E-state index in [0.717, 1.165) is 3.79 Å². The number of nitrogens with zero attached hydrogens (tertiary/aromatic N) is 3. The average Bonchev–Trinajstić information content (AvgIpc) is 2.93. The molecule has 2 unspecified atom stereocenters. The van der Waals surface area contributed by atoms with Crippen molar-refractivity contribution in [2.24, 2.45) is 0 Å². The molecular weight excluding hydrogens is 392 g/mol. The molecule has 2 rings (SSSR count). The molecule has 124 valence electrons. The van der Waals surface area contributed by atoms with Crippen LogP contribution in [0.4, 0.5) is 0 Å². The summed E-state index contributed by atoms with van der Waals surface area (Å²) >= 11 is 4.55. The molecule has 1 N–H and O–H groups in total. The van der Waals surface area contributed by atoms with E-state index in [4.69, 9.17) is 0 Å². The lowest BCUT2D eigenvalue weighted by atomic mass is 9.99. The van der Waals surface area contributed by atoms with Crippen LogP contribution in [0.15, 0.2) is 22.0 Å². The number of Topliss-reactive ketones (excluding diaryl/α,β-unsaturated/α-hetero) is 1. The van der Waals surface area contributed by atoms with Gasteiger partial charge in [0.15, 0.2) is 17.5 Å². The number of hydrogen-bond acceptors (Lipinski definition) is 6. The Hall–Kier alpha value is -2.11. The largest absolute Gasteiger partial charge is 0.342 e. The molecule has 8 heteroatoms. The molecular formula is C16H15BrN4O2S. The third-order valence-electron chi connectivity index (χ3n) is 3.24. The zero-order valence-electron chi connectivity index (χ0n) is 13.3. The lowest BCUT2D eigenvalue weighted by molar-refractivity contribution is -0.120. The Bertz CT molecular complexity index is 807. The number of halogens is 1. The predicted molar refractivity (Wildman–Crippen MR) is 93.8 cm³/mol. The van der Waals surface area contributed by atoms with Crippen LogP contribution in [-0.4, -0.2) is 27.7 Å². The van der Waals surface area contributed by atoms with Gasteiger partial charge < -0.3 is 5.32 Å². The van der Waals surface area contributed by atoms with Gasteiger partial charge in [0.2, 0.25) is 0 Å². The Kier molecular flexibility index (Phi) is 5.80. The van der Waals surface area contributed by atoms with Gasteiger partial charge in [-0.3, -0.25) is 9.59 Å². The second kappa shape index (κ2) is 7.64. The standard InChI is InChI=1S/C16H15BrN4O2S/c1-8-6-9(2)20-15(19-8)11(7-18)14(22)10(3)21-16(23)12-4-5-13(17)24-12/h4-6,10-11H,1-3H3,(H,21,23). The minimum atomic E-state index is -1.12. The minimum absolute atomic E-state index is 0.167. The summed E-state index contributed by atoms with van der Waals surface area (Å²) in [5.41, 5.74) is 1.37. The zero-order chi connectivity index (χ0) is 17.9. The van der Waals surface area contributed by atoms with Crippen LogP contribution in [0.5, 0.6) is 0 Å². The van der Waals surface area contributed by atoms with Crippen LogP contribution >= 0.6 is 27.3 Å². The number of carbonyl (C=O) groups is 2. The summed E-state index contributed by atoms with van der Waals surface area (Å²) in [5, 5.41) is 12.0. The third-order valence-corrected chi connectivity index (χ3v) is 4.87. The van der Waals surface area contributed by atoms with E-state index in [1.165, 1.54) is 11.3 Å². The van der Waals surface area contributed by atoms with E-state index in [1.54, 1.807) is 39.0 Å². The molecule has 0 aliphatic rings. The molecule has 0 bridgehead atoms. The molecule has 6 nitrogen and oxygen atoms in total. The maximum Gasteiger partial charge on any atom is 0.261 e. The molecule has 0 aliphatic heterocycles. The van der Waals surface area contributed by atoms with E-state index in [0.29, 0.717) is 16.3 Å². The highest BCUT2D eigenvalue weighted by Crippen LogP contribution is 2.22. The van der Waals surface area contributed by atoms with Crippen LogP contribution in [0.25, 0.3) is 0 Å². The fraction of sp³-hybridized carbons (Fsp3) is 0.312. The predicted octanol–water partition coefficient (Wildman–Crippen LogP) is 2.91. The Morgan fingerprint density at radius 3 is 2.42 bits per heavy atom. The van der Waals surface area contributed by atoms with Crippen molar-refractivity contribution in [3.63, 3.8) is 0 Å². The number of rotatable bonds is 5.